The first-order valence-electron chi connectivity index (χ1n) is 3.90. The van der Waals surface area contributed by atoms with Gasteiger partial charge in [-0.15, -0.1) is 12.3 Å². The standard InChI is InChI=1S/C9H14INO/c1-4-7(2)8(3)6-11-9(12)5-10/h1,7-8H,5-6H2,2-3H3,(H,11,12). The fraction of sp³-hybridized carbons (Fsp3) is 0.667. The average Bonchev–Trinajstić information content (AvgIpc) is 2.11. The minimum absolute atomic E-state index is 0.0756. The predicted octanol–water partition coefficient (Wildman–Crippen LogP) is 1.44. The van der Waals surface area contributed by atoms with E-state index in [1.165, 1.54) is 0 Å². The lowest BCUT2D eigenvalue weighted by Crippen LogP contribution is -2.30. The van der Waals surface area contributed by atoms with Gasteiger partial charge in [0, 0.05) is 12.5 Å². The number of carbonyl (C=O) groups excluding carboxylic acids is 1. The Bertz CT molecular complexity index is 185. The molecule has 3 heteroatoms. The Morgan fingerprint density at radius 3 is 2.67 bits per heavy atom. The third-order valence-electron chi connectivity index (χ3n) is 1.86. The first-order chi connectivity index (χ1) is 5.61. The summed E-state index contributed by atoms with van der Waals surface area (Å²) < 4.78 is 0.509. The zero-order valence-electron chi connectivity index (χ0n) is 7.43. The smallest absolute Gasteiger partial charge is 0.229 e. The highest BCUT2D eigenvalue weighted by atomic mass is 127. The zero-order valence-corrected chi connectivity index (χ0v) is 9.59. The van der Waals surface area contributed by atoms with Crippen molar-refractivity contribution in [3.63, 3.8) is 0 Å². The van der Waals surface area contributed by atoms with Gasteiger partial charge in [-0.05, 0) is 5.92 Å². The van der Waals surface area contributed by atoms with Crippen LogP contribution < -0.4 is 5.32 Å². The minimum atomic E-state index is 0.0756. The lowest BCUT2D eigenvalue weighted by Gasteiger charge is -2.14. The van der Waals surface area contributed by atoms with Gasteiger partial charge >= 0.3 is 0 Å². The van der Waals surface area contributed by atoms with Gasteiger partial charge < -0.3 is 5.32 Å². The van der Waals surface area contributed by atoms with Gasteiger partial charge in [0.15, 0.2) is 0 Å². The van der Waals surface area contributed by atoms with E-state index < -0.39 is 0 Å². The van der Waals surface area contributed by atoms with E-state index in [0.717, 1.165) is 0 Å². The molecule has 68 valence electrons. The molecule has 0 heterocycles. The van der Waals surface area contributed by atoms with Crippen molar-refractivity contribution in [2.75, 3.05) is 11.0 Å². The molecule has 12 heavy (non-hydrogen) atoms. The van der Waals surface area contributed by atoms with Gasteiger partial charge in [-0.3, -0.25) is 4.79 Å². The van der Waals surface area contributed by atoms with Crippen molar-refractivity contribution in [3.8, 4) is 12.3 Å². The fourth-order valence-corrected chi connectivity index (χ4v) is 0.933. The van der Waals surface area contributed by atoms with E-state index in [4.69, 9.17) is 6.42 Å². The molecule has 0 spiro atoms. The predicted molar refractivity (Wildman–Crippen MR) is 59.1 cm³/mol. The van der Waals surface area contributed by atoms with Crippen LogP contribution in [0.3, 0.4) is 0 Å². The van der Waals surface area contributed by atoms with E-state index in [2.05, 4.69) is 11.2 Å². The lowest BCUT2D eigenvalue weighted by atomic mass is 9.97. The lowest BCUT2D eigenvalue weighted by molar-refractivity contribution is -0.118. The Labute approximate surface area is 87.6 Å². The molecule has 0 aliphatic carbocycles. The molecule has 0 saturated carbocycles. The molecule has 0 aromatic carbocycles. The number of hydrogen-bond acceptors (Lipinski definition) is 1. The number of halogens is 1. The first kappa shape index (κ1) is 11.8. The number of terminal acetylenes is 1. The van der Waals surface area contributed by atoms with E-state index in [-0.39, 0.29) is 11.8 Å². The van der Waals surface area contributed by atoms with Crippen molar-refractivity contribution < 1.29 is 4.79 Å². The molecular weight excluding hydrogens is 265 g/mol. The highest BCUT2D eigenvalue weighted by Gasteiger charge is 2.09. The van der Waals surface area contributed by atoms with Gasteiger partial charge in [-0.25, -0.2) is 0 Å². The summed E-state index contributed by atoms with van der Waals surface area (Å²) in [6.45, 7) is 4.70. The Morgan fingerprint density at radius 2 is 2.25 bits per heavy atom. The molecule has 0 aromatic heterocycles. The van der Waals surface area contributed by atoms with Crippen LogP contribution in [-0.2, 0) is 4.79 Å². The molecule has 0 fully saturated rings. The third kappa shape index (κ3) is 4.60. The van der Waals surface area contributed by atoms with E-state index >= 15 is 0 Å². The monoisotopic (exact) mass is 279 g/mol. The van der Waals surface area contributed by atoms with Crippen LogP contribution in [0.5, 0.6) is 0 Å². The number of hydrogen-bond donors (Lipinski definition) is 1. The summed E-state index contributed by atoms with van der Waals surface area (Å²) in [5.74, 6) is 3.30. The van der Waals surface area contributed by atoms with Crippen LogP contribution in [0, 0.1) is 24.2 Å². The Hall–Kier alpha value is -0.240. The van der Waals surface area contributed by atoms with E-state index in [9.17, 15) is 4.79 Å². The molecule has 2 atom stereocenters. The maximum Gasteiger partial charge on any atom is 0.229 e. The van der Waals surface area contributed by atoms with Gasteiger partial charge in [-0.1, -0.05) is 36.4 Å². The van der Waals surface area contributed by atoms with Crippen LogP contribution in [0.25, 0.3) is 0 Å². The number of alkyl halides is 1. The summed E-state index contributed by atoms with van der Waals surface area (Å²) in [6.07, 6.45) is 5.25. The van der Waals surface area contributed by atoms with Crippen LogP contribution in [0.1, 0.15) is 13.8 Å². The number of carbonyl (C=O) groups is 1. The molecule has 1 N–H and O–H groups in total. The SMILES string of the molecule is C#CC(C)C(C)CNC(=O)CI. The summed E-state index contributed by atoms with van der Waals surface area (Å²) in [5, 5.41) is 2.81. The summed E-state index contributed by atoms with van der Waals surface area (Å²) >= 11 is 2.03. The van der Waals surface area contributed by atoms with Crippen molar-refractivity contribution in [3.05, 3.63) is 0 Å². The second-order valence-electron chi connectivity index (χ2n) is 2.87. The summed E-state index contributed by atoms with van der Waals surface area (Å²) in [4.78, 5) is 10.9. The molecule has 0 aliphatic rings. The van der Waals surface area contributed by atoms with Crippen LogP contribution in [-0.4, -0.2) is 16.9 Å². The Kier molecular flexibility index (Phi) is 6.17. The Balaban J connectivity index is 3.65. The summed E-state index contributed by atoms with van der Waals surface area (Å²) in [5.41, 5.74) is 0. The van der Waals surface area contributed by atoms with Crippen molar-refractivity contribution in [2.45, 2.75) is 13.8 Å². The minimum Gasteiger partial charge on any atom is -0.355 e. The summed E-state index contributed by atoms with van der Waals surface area (Å²) in [7, 11) is 0. The molecule has 0 aromatic rings. The van der Waals surface area contributed by atoms with Gasteiger partial charge in [0.25, 0.3) is 0 Å². The molecule has 0 saturated heterocycles. The van der Waals surface area contributed by atoms with Gasteiger partial charge in [-0.2, -0.15) is 0 Å². The summed E-state index contributed by atoms with van der Waals surface area (Å²) in [6, 6.07) is 0. The molecule has 0 aliphatic heterocycles. The number of nitrogens with one attached hydrogen (secondary N) is 1. The average molecular weight is 279 g/mol. The molecule has 1 amide bonds. The van der Waals surface area contributed by atoms with Crippen LogP contribution in [0.2, 0.25) is 0 Å². The zero-order chi connectivity index (χ0) is 9.56. The Morgan fingerprint density at radius 1 is 1.67 bits per heavy atom. The quantitative estimate of drug-likeness (QED) is 0.471. The van der Waals surface area contributed by atoms with Gasteiger partial charge in [0.1, 0.15) is 0 Å². The largest absolute Gasteiger partial charge is 0.355 e. The molecule has 0 bridgehead atoms. The molecule has 2 nitrogen and oxygen atoms in total. The number of rotatable bonds is 4. The molecule has 2 unspecified atom stereocenters. The van der Waals surface area contributed by atoms with Gasteiger partial charge in [0.2, 0.25) is 5.91 Å². The van der Waals surface area contributed by atoms with Gasteiger partial charge in [0.05, 0.1) is 4.43 Å². The maximum atomic E-state index is 10.9. The highest BCUT2D eigenvalue weighted by Crippen LogP contribution is 2.07. The van der Waals surface area contributed by atoms with Crippen LogP contribution in [0.15, 0.2) is 0 Å². The fourth-order valence-electron chi connectivity index (χ4n) is 0.663. The van der Waals surface area contributed by atoms with Crippen LogP contribution in [0.4, 0.5) is 0 Å². The number of amides is 1. The first-order valence-corrected chi connectivity index (χ1v) is 5.43. The third-order valence-corrected chi connectivity index (χ3v) is 2.55. The topological polar surface area (TPSA) is 29.1 Å². The van der Waals surface area contributed by atoms with Crippen molar-refractivity contribution >= 4 is 28.5 Å². The molecule has 0 radical (unpaired) electrons. The molecule has 0 rings (SSSR count). The maximum absolute atomic E-state index is 10.9. The van der Waals surface area contributed by atoms with E-state index in [1.807, 2.05) is 36.4 Å². The highest BCUT2D eigenvalue weighted by molar-refractivity contribution is 14.1. The van der Waals surface area contributed by atoms with Crippen LogP contribution >= 0.6 is 22.6 Å². The molecular formula is C9H14INO. The van der Waals surface area contributed by atoms with Crippen molar-refractivity contribution in [1.82, 2.24) is 5.32 Å². The second-order valence-corrected chi connectivity index (χ2v) is 3.63. The van der Waals surface area contributed by atoms with E-state index in [0.29, 0.717) is 16.9 Å². The van der Waals surface area contributed by atoms with E-state index in [1.54, 1.807) is 0 Å². The normalized spacial score (nSPS) is 14.5. The van der Waals surface area contributed by atoms with Crippen molar-refractivity contribution in [1.29, 1.82) is 0 Å². The second kappa shape index (κ2) is 6.30. The van der Waals surface area contributed by atoms with Crippen molar-refractivity contribution in [2.24, 2.45) is 11.8 Å².